The van der Waals surface area contributed by atoms with Gasteiger partial charge in [0.25, 0.3) is 0 Å². The summed E-state index contributed by atoms with van der Waals surface area (Å²) < 4.78 is 5.44. The summed E-state index contributed by atoms with van der Waals surface area (Å²) in [5.41, 5.74) is 0. The zero-order valence-corrected chi connectivity index (χ0v) is 32.1. The Morgan fingerprint density at radius 3 is 0.848 bits per heavy atom. The number of hydrogen-bond acceptors (Lipinski definition) is 4. The van der Waals surface area contributed by atoms with Crippen LogP contribution in [-0.2, 0) is 4.74 Å². The lowest BCUT2D eigenvalue weighted by Crippen LogP contribution is -2.50. The van der Waals surface area contributed by atoms with Gasteiger partial charge in [-0.15, -0.1) is 0 Å². The zero-order valence-electron chi connectivity index (χ0n) is 32.1. The highest BCUT2D eigenvalue weighted by molar-refractivity contribution is 4.66. The topological polar surface area (TPSA) is 52.9 Å². The second kappa shape index (κ2) is 37.7. The third kappa shape index (κ3) is 33.7. The molecule has 2 N–H and O–H groups in total. The van der Waals surface area contributed by atoms with Crippen molar-refractivity contribution in [1.82, 2.24) is 4.90 Å². The van der Waals surface area contributed by atoms with Crippen LogP contribution < -0.4 is 0 Å². The fourth-order valence-electron chi connectivity index (χ4n) is 7.04. The third-order valence-corrected chi connectivity index (χ3v) is 10.2. The fraction of sp³-hybridized carbons (Fsp3) is 1.00. The van der Waals surface area contributed by atoms with Gasteiger partial charge in [-0.25, -0.2) is 0 Å². The van der Waals surface area contributed by atoms with Gasteiger partial charge in [0.05, 0.1) is 6.61 Å². The van der Waals surface area contributed by atoms with Gasteiger partial charge in [0.15, 0.2) is 0 Å². The molecule has 278 valence electrons. The Bertz CT molecular complexity index is 555. The minimum absolute atomic E-state index is 0.0445. The van der Waals surface area contributed by atoms with Crippen LogP contribution in [0.15, 0.2) is 0 Å². The largest absolute Gasteiger partial charge is 0.395 e. The van der Waals surface area contributed by atoms with E-state index in [1.807, 2.05) is 11.8 Å². The highest BCUT2D eigenvalue weighted by atomic mass is 16.6. The van der Waals surface area contributed by atoms with E-state index in [0.717, 1.165) is 13.0 Å². The first-order valence-corrected chi connectivity index (χ1v) is 21.3. The Hall–Kier alpha value is -0.160. The van der Waals surface area contributed by atoms with Crippen molar-refractivity contribution in [2.45, 2.75) is 245 Å². The van der Waals surface area contributed by atoms with Gasteiger partial charge < -0.3 is 14.9 Å². The van der Waals surface area contributed by atoms with Crippen molar-refractivity contribution in [3.63, 3.8) is 0 Å². The molecule has 4 nitrogen and oxygen atoms in total. The van der Waals surface area contributed by atoms with Gasteiger partial charge in [-0.05, 0) is 13.3 Å². The molecular formula is C42H87NO3. The summed E-state index contributed by atoms with van der Waals surface area (Å²) in [5.74, 6) is -1.28. The summed E-state index contributed by atoms with van der Waals surface area (Å²) in [6.45, 7) is 7.60. The molecule has 0 spiro atoms. The van der Waals surface area contributed by atoms with E-state index in [4.69, 9.17) is 4.74 Å². The maximum Gasteiger partial charge on any atom is 0.224 e. The second-order valence-electron chi connectivity index (χ2n) is 14.7. The summed E-state index contributed by atoms with van der Waals surface area (Å²) in [6, 6.07) is 0. The molecule has 0 aliphatic carbocycles. The standard InChI is InChI=1S/C42H87NO3/c1-4-6-7-8-9-10-11-12-13-14-15-16-17-18-19-20-21-22-23-24-25-26-27-28-29-30-31-32-33-34-35-36-37-38-39-43(40-41-44)42(3,45)46-5-2/h44-45H,4-41H2,1-3H3. The normalized spacial score (nSPS) is 13.2. The number of nitrogens with zero attached hydrogens (tertiary/aromatic N) is 1. The SMILES string of the molecule is CCCCCCCCCCCCCCCCCCCCCCCCCCCCCCCCCCCCN(CCO)C(C)(O)OCC. The molecule has 0 aliphatic rings. The van der Waals surface area contributed by atoms with Crippen molar-refractivity contribution in [3.05, 3.63) is 0 Å². The van der Waals surface area contributed by atoms with Crippen LogP contribution in [0.4, 0.5) is 0 Å². The average Bonchev–Trinajstić information content (AvgIpc) is 3.04. The molecule has 0 aliphatic heterocycles. The van der Waals surface area contributed by atoms with E-state index >= 15 is 0 Å². The van der Waals surface area contributed by atoms with Crippen molar-refractivity contribution < 1.29 is 14.9 Å². The molecule has 0 heterocycles. The maximum atomic E-state index is 10.4. The van der Waals surface area contributed by atoms with E-state index in [9.17, 15) is 10.2 Å². The van der Waals surface area contributed by atoms with Crippen LogP contribution in [0.5, 0.6) is 0 Å². The quantitative estimate of drug-likeness (QED) is 0.0510. The van der Waals surface area contributed by atoms with E-state index in [0.29, 0.717) is 13.2 Å². The van der Waals surface area contributed by atoms with Crippen LogP contribution in [0, 0.1) is 0 Å². The lowest BCUT2D eigenvalue weighted by molar-refractivity contribution is -0.280. The van der Waals surface area contributed by atoms with Gasteiger partial charge in [0.2, 0.25) is 5.91 Å². The van der Waals surface area contributed by atoms with Crippen LogP contribution >= 0.6 is 0 Å². The molecule has 4 heteroatoms. The summed E-state index contributed by atoms with van der Waals surface area (Å²) in [7, 11) is 0. The Kier molecular flexibility index (Phi) is 37.5. The van der Waals surface area contributed by atoms with E-state index < -0.39 is 5.91 Å². The van der Waals surface area contributed by atoms with E-state index in [-0.39, 0.29) is 6.61 Å². The highest BCUT2D eigenvalue weighted by Crippen LogP contribution is 2.18. The van der Waals surface area contributed by atoms with Crippen molar-refractivity contribution in [3.8, 4) is 0 Å². The van der Waals surface area contributed by atoms with Crippen LogP contribution in [0.2, 0.25) is 0 Å². The molecule has 0 aromatic heterocycles. The maximum absolute atomic E-state index is 10.4. The Morgan fingerprint density at radius 2 is 0.630 bits per heavy atom. The van der Waals surface area contributed by atoms with Gasteiger partial charge in [0, 0.05) is 26.6 Å². The smallest absolute Gasteiger partial charge is 0.224 e. The highest BCUT2D eigenvalue weighted by Gasteiger charge is 2.28. The molecule has 0 amide bonds. The predicted molar refractivity (Wildman–Crippen MR) is 204 cm³/mol. The molecular weight excluding hydrogens is 566 g/mol. The molecule has 46 heavy (non-hydrogen) atoms. The minimum atomic E-state index is -1.28. The minimum Gasteiger partial charge on any atom is -0.395 e. The monoisotopic (exact) mass is 654 g/mol. The summed E-state index contributed by atoms with van der Waals surface area (Å²) in [6.07, 6.45) is 48.4. The van der Waals surface area contributed by atoms with Crippen molar-refractivity contribution in [1.29, 1.82) is 0 Å². The van der Waals surface area contributed by atoms with Crippen LogP contribution in [0.3, 0.4) is 0 Å². The van der Waals surface area contributed by atoms with Crippen molar-refractivity contribution in [2.75, 3.05) is 26.3 Å². The number of ether oxygens (including phenoxy) is 1. The first kappa shape index (κ1) is 45.8. The van der Waals surface area contributed by atoms with Crippen molar-refractivity contribution in [2.24, 2.45) is 0 Å². The molecule has 0 fully saturated rings. The predicted octanol–water partition coefficient (Wildman–Crippen LogP) is 13.3. The molecule has 0 aromatic carbocycles. The number of hydrogen-bond donors (Lipinski definition) is 2. The lowest BCUT2D eigenvalue weighted by Gasteiger charge is -2.35. The summed E-state index contributed by atoms with van der Waals surface area (Å²) in [4.78, 5) is 1.85. The molecule has 1 unspecified atom stereocenters. The third-order valence-electron chi connectivity index (χ3n) is 10.2. The molecule has 0 bridgehead atoms. The van der Waals surface area contributed by atoms with E-state index in [1.54, 1.807) is 6.92 Å². The Labute approximate surface area is 290 Å². The average molecular weight is 654 g/mol. The van der Waals surface area contributed by atoms with Gasteiger partial charge >= 0.3 is 0 Å². The second-order valence-corrected chi connectivity index (χ2v) is 14.7. The zero-order chi connectivity index (χ0) is 33.7. The van der Waals surface area contributed by atoms with Crippen LogP contribution in [0.1, 0.15) is 239 Å². The fourth-order valence-corrected chi connectivity index (χ4v) is 7.04. The van der Waals surface area contributed by atoms with E-state index in [1.165, 1.54) is 212 Å². The molecule has 0 radical (unpaired) electrons. The van der Waals surface area contributed by atoms with Gasteiger partial charge in [-0.3, -0.25) is 4.90 Å². The van der Waals surface area contributed by atoms with Gasteiger partial charge in [-0.2, -0.15) is 0 Å². The summed E-state index contributed by atoms with van der Waals surface area (Å²) >= 11 is 0. The number of unbranched alkanes of at least 4 members (excludes halogenated alkanes) is 33. The first-order chi connectivity index (χ1) is 22.6. The molecule has 1 atom stereocenters. The Morgan fingerprint density at radius 1 is 0.391 bits per heavy atom. The summed E-state index contributed by atoms with van der Waals surface area (Å²) in [5, 5.41) is 19.7. The van der Waals surface area contributed by atoms with Gasteiger partial charge in [0.1, 0.15) is 0 Å². The number of aliphatic hydroxyl groups is 2. The lowest BCUT2D eigenvalue weighted by atomic mass is 10.0. The van der Waals surface area contributed by atoms with Crippen molar-refractivity contribution >= 4 is 0 Å². The molecule has 0 saturated heterocycles. The van der Waals surface area contributed by atoms with E-state index in [2.05, 4.69) is 6.92 Å². The first-order valence-electron chi connectivity index (χ1n) is 21.3. The van der Waals surface area contributed by atoms with Gasteiger partial charge in [-0.1, -0.05) is 219 Å². The number of rotatable bonds is 40. The van der Waals surface area contributed by atoms with Crippen LogP contribution in [-0.4, -0.2) is 47.3 Å². The Balaban J connectivity index is 3.20. The van der Waals surface area contributed by atoms with Crippen LogP contribution in [0.25, 0.3) is 0 Å². The molecule has 0 aromatic rings. The molecule has 0 rings (SSSR count). The number of aliphatic hydroxyl groups excluding tert-OH is 1. The molecule has 0 saturated carbocycles.